The van der Waals surface area contributed by atoms with Crippen molar-refractivity contribution >= 4 is 6.03 Å². The van der Waals surface area contributed by atoms with Gasteiger partial charge in [-0.2, -0.15) is 0 Å². The van der Waals surface area contributed by atoms with Crippen molar-refractivity contribution in [3.63, 3.8) is 0 Å². The van der Waals surface area contributed by atoms with Crippen LogP contribution in [0.25, 0.3) is 0 Å². The van der Waals surface area contributed by atoms with E-state index in [1.807, 2.05) is 11.8 Å². The number of halogens is 1. The second kappa shape index (κ2) is 7.12. The molecule has 1 aliphatic heterocycles. The first-order chi connectivity index (χ1) is 9.69. The van der Waals surface area contributed by atoms with Crippen LogP contribution in [0.3, 0.4) is 0 Å². The third-order valence-electron chi connectivity index (χ3n) is 3.51. The molecule has 2 rings (SSSR count). The molecular weight excluding hydrogens is 259 g/mol. The number of urea groups is 1. The van der Waals surface area contributed by atoms with Gasteiger partial charge in [0.1, 0.15) is 11.6 Å². The summed E-state index contributed by atoms with van der Waals surface area (Å²) in [4.78, 5) is 13.5. The predicted octanol–water partition coefficient (Wildman–Crippen LogP) is 2.65. The maximum Gasteiger partial charge on any atom is 0.317 e. The van der Waals surface area contributed by atoms with E-state index < -0.39 is 0 Å². The van der Waals surface area contributed by atoms with Gasteiger partial charge >= 0.3 is 6.03 Å². The van der Waals surface area contributed by atoms with Crippen LogP contribution in [0.1, 0.15) is 19.8 Å². The molecule has 2 amide bonds. The lowest BCUT2D eigenvalue weighted by atomic mass is 10.1. The van der Waals surface area contributed by atoms with Crippen LogP contribution < -0.4 is 10.1 Å². The Morgan fingerprint density at radius 1 is 1.45 bits per heavy atom. The summed E-state index contributed by atoms with van der Waals surface area (Å²) < 4.78 is 18.3. The van der Waals surface area contributed by atoms with Gasteiger partial charge in [-0.25, -0.2) is 9.18 Å². The topological polar surface area (TPSA) is 41.6 Å². The van der Waals surface area contributed by atoms with E-state index in [0.717, 1.165) is 25.9 Å². The fourth-order valence-electron chi connectivity index (χ4n) is 2.39. The summed E-state index contributed by atoms with van der Waals surface area (Å²) in [5, 5.41) is 2.82. The number of nitrogens with zero attached hydrogens (tertiary/aromatic N) is 1. The standard InChI is InChI=1S/C15H21FN2O2/c1-2-17-15(19)18-9-7-12(11-18)8-10-20-14-5-3-13(16)4-6-14/h3-6,12H,2,7-11H2,1H3,(H,17,19). The van der Waals surface area contributed by atoms with Crippen molar-refractivity contribution in [1.82, 2.24) is 10.2 Å². The Bertz CT molecular complexity index is 436. The van der Waals surface area contributed by atoms with Gasteiger partial charge in [0.15, 0.2) is 0 Å². The number of amides is 2. The molecule has 0 bridgehead atoms. The lowest BCUT2D eigenvalue weighted by molar-refractivity contribution is 0.206. The largest absolute Gasteiger partial charge is 0.494 e. The maximum absolute atomic E-state index is 12.7. The molecule has 5 heteroatoms. The molecular formula is C15H21FN2O2. The second-order valence-electron chi connectivity index (χ2n) is 5.03. The smallest absolute Gasteiger partial charge is 0.317 e. The Morgan fingerprint density at radius 2 is 2.20 bits per heavy atom. The minimum absolute atomic E-state index is 0.0226. The number of nitrogens with one attached hydrogen (secondary N) is 1. The summed E-state index contributed by atoms with van der Waals surface area (Å²) in [6.07, 6.45) is 1.93. The Labute approximate surface area is 118 Å². The van der Waals surface area contributed by atoms with E-state index >= 15 is 0 Å². The van der Waals surface area contributed by atoms with E-state index in [0.29, 0.717) is 24.8 Å². The van der Waals surface area contributed by atoms with Crippen LogP contribution in [0.5, 0.6) is 5.75 Å². The zero-order valence-electron chi connectivity index (χ0n) is 11.8. The lowest BCUT2D eigenvalue weighted by Crippen LogP contribution is -2.38. The highest BCUT2D eigenvalue weighted by atomic mass is 19.1. The first-order valence-electron chi connectivity index (χ1n) is 7.10. The zero-order valence-corrected chi connectivity index (χ0v) is 11.8. The normalized spacial score (nSPS) is 18.1. The molecule has 1 aromatic carbocycles. The number of ether oxygens (including phenoxy) is 1. The summed E-state index contributed by atoms with van der Waals surface area (Å²) in [5.41, 5.74) is 0. The van der Waals surface area contributed by atoms with Crippen molar-refractivity contribution < 1.29 is 13.9 Å². The predicted molar refractivity (Wildman–Crippen MR) is 75.3 cm³/mol. The highest BCUT2D eigenvalue weighted by Gasteiger charge is 2.25. The third kappa shape index (κ3) is 4.11. The van der Waals surface area contributed by atoms with Crippen molar-refractivity contribution in [3.8, 4) is 5.75 Å². The van der Waals surface area contributed by atoms with Gasteiger partial charge in [0.05, 0.1) is 6.61 Å². The van der Waals surface area contributed by atoms with Gasteiger partial charge in [-0.15, -0.1) is 0 Å². The fourth-order valence-corrected chi connectivity index (χ4v) is 2.39. The molecule has 1 fully saturated rings. The molecule has 20 heavy (non-hydrogen) atoms. The average Bonchev–Trinajstić information content (AvgIpc) is 2.90. The van der Waals surface area contributed by atoms with E-state index in [4.69, 9.17) is 4.74 Å². The molecule has 1 heterocycles. The Balaban J connectivity index is 1.68. The number of carbonyl (C=O) groups is 1. The van der Waals surface area contributed by atoms with Crippen molar-refractivity contribution in [3.05, 3.63) is 30.1 Å². The number of hydrogen-bond donors (Lipinski definition) is 1. The van der Waals surface area contributed by atoms with Gasteiger partial charge in [-0.3, -0.25) is 0 Å². The van der Waals surface area contributed by atoms with Crippen LogP contribution >= 0.6 is 0 Å². The first-order valence-corrected chi connectivity index (χ1v) is 7.10. The number of likely N-dealkylation sites (tertiary alicyclic amines) is 1. The number of benzene rings is 1. The molecule has 1 N–H and O–H groups in total. The van der Waals surface area contributed by atoms with E-state index in [9.17, 15) is 9.18 Å². The van der Waals surface area contributed by atoms with Gasteiger partial charge < -0.3 is 15.0 Å². The van der Waals surface area contributed by atoms with Gasteiger partial charge in [0, 0.05) is 19.6 Å². The molecule has 0 aromatic heterocycles. The second-order valence-corrected chi connectivity index (χ2v) is 5.03. The minimum atomic E-state index is -0.259. The van der Waals surface area contributed by atoms with Crippen molar-refractivity contribution in [2.45, 2.75) is 19.8 Å². The third-order valence-corrected chi connectivity index (χ3v) is 3.51. The molecule has 1 aromatic rings. The number of hydrogen-bond acceptors (Lipinski definition) is 2. The van der Waals surface area contributed by atoms with Gasteiger partial charge in [-0.05, 0) is 49.9 Å². The van der Waals surface area contributed by atoms with E-state index in [1.54, 1.807) is 12.1 Å². The van der Waals surface area contributed by atoms with E-state index in [1.165, 1.54) is 12.1 Å². The average molecular weight is 280 g/mol. The molecule has 0 radical (unpaired) electrons. The number of carbonyl (C=O) groups excluding carboxylic acids is 1. The van der Waals surface area contributed by atoms with Crippen molar-refractivity contribution in [2.75, 3.05) is 26.2 Å². The zero-order chi connectivity index (χ0) is 14.4. The molecule has 0 saturated carbocycles. The summed E-state index contributed by atoms with van der Waals surface area (Å²) in [6.45, 7) is 4.78. The van der Waals surface area contributed by atoms with Gasteiger partial charge in [0.25, 0.3) is 0 Å². The summed E-state index contributed by atoms with van der Waals surface area (Å²) >= 11 is 0. The molecule has 1 unspecified atom stereocenters. The van der Waals surface area contributed by atoms with Crippen LogP contribution in [-0.2, 0) is 0 Å². The quantitative estimate of drug-likeness (QED) is 0.901. The molecule has 1 saturated heterocycles. The van der Waals surface area contributed by atoms with E-state index in [-0.39, 0.29) is 11.8 Å². The fraction of sp³-hybridized carbons (Fsp3) is 0.533. The number of rotatable bonds is 5. The van der Waals surface area contributed by atoms with Crippen LogP contribution in [0, 0.1) is 11.7 Å². The van der Waals surface area contributed by atoms with Crippen LogP contribution in [0.15, 0.2) is 24.3 Å². The van der Waals surface area contributed by atoms with Crippen molar-refractivity contribution in [1.29, 1.82) is 0 Å². The van der Waals surface area contributed by atoms with Crippen molar-refractivity contribution in [2.24, 2.45) is 5.92 Å². The lowest BCUT2D eigenvalue weighted by Gasteiger charge is -2.16. The SMILES string of the molecule is CCNC(=O)N1CCC(CCOc2ccc(F)cc2)C1. The molecule has 1 atom stereocenters. The Morgan fingerprint density at radius 3 is 2.90 bits per heavy atom. The van der Waals surface area contributed by atoms with Crippen LogP contribution in [-0.4, -0.2) is 37.2 Å². The van der Waals surface area contributed by atoms with Gasteiger partial charge in [-0.1, -0.05) is 0 Å². The maximum atomic E-state index is 12.7. The summed E-state index contributed by atoms with van der Waals surface area (Å²) in [7, 11) is 0. The minimum Gasteiger partial charge on any atom is -0.494 e. The first kappa shape index (κ1) is 14.6. The highest BCUT2D eigenvalue weighted by molar-refractivity contribution is 5.74. The molecule has 0 spiro atoms. The summed E-state index contributed by atoms with van der Waals surface area (Å²) in [6, 6.07) is 6.06. The van der Waals surface area contributed by atoms with Crippen LogP contribution in [0.4, 0.5) is 9.18 Å². The van der Waals surface area contributed by atoms with Crippen LogP contribution in [0.2, 0.25) is 0 Å². The Kier molecular flexibility index (Phi) is 5.21. The summed E-state index contributed by atoms with van der Waals surface area (Å²) in [5.74, 6) is 0.911. The molecule has 4 nitrogen and oxygen atoms in total. The monoisotopic (exact) mass is 280 g/mol. The van der Waals surface area contributed by atoms with E-state index in [2.05, 4.69) is 5.32 Å². The Hall–Kier alpha value is -1.78. The molecule has 110 valence electrons. The molecule has 1 aliphatic rings. The van der Waals surface area contributed by atoms with Gasteiger partial charge in [0.2, 0.25) is 0 Å². The molecule has 0 aliphatic carbocycles. The highest BCUT2D eigenvalue weighted by Crippen LogP contribution is 2.20.